The topological polar surface area (TPSA) is 40.8 Å². The fourth-order valence-electron chi connectivity index (χ4n) is 12.9. The molecule has 0 saturated carbocycles. The Morgan fingerprint density at radius 1 is 0.420 bits per heavy atom. The first-order valence-corrected chi connectivity index (χ1v) is 29.1. The van der Waals surface area contributed by atoms with Crippen molar-refractivity contribution < 1.29 is 27.1 Å². The third-order valence-corrected chi connectivity index (χ3v) is 16.9. The molecule has 6 heteroatoms. The van der Waals surface area contributed by atoms with Crippen LogP contribution >= 0.6 is 0 Å². The highest BCUT2D eigenvalue weighted by molar-refractivity contribution is 6.11. The van der Waals surface area contributed by atoms with Gasteiger partial charge in [-0.1, -0.05) is 209 Å². The Kier molecular flexibility index (Phi) is 9.00. The number of imidazole rings is 1. The molecule has 12 aromatic carbocycles. The normalized spacial score (nSPS) is 14.1. The molecule has 0 saturated heterocycles. The summed E-state index contributed by atoms with van der Waals surface area (Å²) in [6.45, 7) is 6.59. The SMILES string of the molecule is [2H]c1c([2H])c([2H])c(-c2c([2H])c(-c3ccc4c(c3)-c3cccc(-n5c6ccccc6c6ccccc65)c3-[n+]3[c-]n(-c5cccc(Oc6ccc7c8ccccc8n(-c8cc(C(C)(C)C)ccn8)c7c6)c5)c5cccc(c53)-c3ccccc3-4)c([2H])c(-c3c([2H])c([2H])c([2H])c([2H])c3[2H])c2[2H])c([2H])c1[2H]. The Labute approximate surface area is 528 Å². The van der Waals surface area contributed by atoms with Crippen LogP contribution in [0.1, 0.15) is 44.2 Å². The molecular weight excluding hydrogens is 1070 g/mol. The number of pyridine rings is 1. The first kappa shape index (κ1) is 39.3. The maximum atomic E-state index is 10.2. The number of hydrogen-bond acceptors (Lipinski definition) is 2. The molecule has 6 nitrogen and oxygen atoms in total. The van der Waals surface area contributed by atoms with E-state index in [-0.39, 0.29) is 16.5 Å². The fraction of sp³-hybridized carbons (Fsp3) is 0.0488. The summed E-state index contributed by atoms with van der Waals surface area (Å²) in [4.78, 5) is 4.92. The Bertz CT molecular complexity index is 6090. The monoisotopic (exact) mass is 1140 g/mol. The van der Waals surface area contributed by atoms with Gasteiger partial charge in [-0.05, 0) is 169 Å². The lowest BCUT2D eigenvalue weighted by atomic mass is 9.86. The molecule has 0 fully saturated rings. The van der Waals surface area contributed by atoms with E-state index in [1.54, 1.807) is 6.07 Å². The van der Waals surface area contributed by atoms with Gasteiger partial charge in [0, 0.05) is 33.8 Å². The molecule has 0 spiro atoms. The summed E-state index contributed by atoms with van der Waals surface area (Å²) in [6.07, 6.45) is 5.78. The molecule has 16 aromatic rings. The maximum absolute atomic E-state index is 10.2. The number of rotatable bonds is 8. The van der Waals surface area contributed by atoms with Crippen molar-refractivity contribution in [2.45, 2.75) is 26.2 Å². The number of benzene rings is 12. The summed E-state index contributed by atoms with van der Waals surface area (Å²) in [5, 5.41) is 4.19. The van der Waals surface area contributed by atoms with Crippen LogP contribution in [-0.4, -0.2) is 18.7 Å². The molecule has 1 aliphatic rings. The molecule has 0 N–H and O–H groups in total. The lowest BCUT2D eigenvalue weighted by Gasteiger charge is -2.21. The van der Waals surface area contributed by atoms with Crippen LogP contribution in [0.2, 0.25) is 0 Å². The molecule has 0 atom stereocenters. The van der Waals surface area contributed by atoms with Crippen LogP contribution in [0.4, 0.5) is 0 Å². The number of ether oxygens (including phenoxy) is 1. The van der Waals surface area contributed by atoms with E-state index in [9.17, 15) is 9.60 Å². The van der Waals surface area contributed by atoms with Crippen molar-refractivity contribution in [1.29, 1.82) is 0 Å². The molecular formula is C82H57N5O. The van der Waals surface area contributed by atoms with E-state index >= 15 is 0 Å². The quantitative estimate of drug-likeness (QED) is 0.112. The van der Waals surface area contributed by atoms with Gasteiger partial charge in [0.15, 0.2) is 0 Å². The zero-order chi connectivity index (χ0) is 69.9. The van der Waals surface area contributed by atoms with E-state index in [0.29, 0.717) is 28.3 Å². The molecule has 416 valence electrons. The molecule has 88 heavy (non-hydrogen) atoms. The number of hydrogen-bond donors (Lipinski definition) is 0. The first-order valence-electron chi connectivity index (χ1n) is 35.6. The zero-order valence-corrected chi connectivity index (χ0v) is 47.9. The fourth-order valence-corrected chi connectivity index (χ4v) is 12.9. The standard InChI is InChI=1S/C82H57N5O/c1-82(2,3)59-43-44-83-79(49-59)87-75-36-17-14-31-68(75)69-42-40-62(51-78(69)87)88-61-26-18-25-60(50-61)84-52-85-80-70(32-19-37-76(80)84)64-28-11-10-27-63(64)65-41-39-55(58-46-56(53-21-6-4-7-22-53)45-57(47-58)54-23-8-5-9-24-54)48-72(65)71-33-20-38-77(81(71)85)86-73-34-15-12-29-66(73)67-30-13-16-35-74(67)86/h4-51H,1-3H3/i4D,5D,6D,7D,8D,9D,21D,22D,23D,24D,45D,46D,47D. The largest absolute Gasteiger partial charge is 0.458 e. The molecule has 5 heterocycles. The average Bonchev–Trinajstić information content (AvgIpc) is 1.67. The van der Waals surface area contributed by atoms with Crippen LogP contribution in [0, 0.1) is 6.33 Å². The minimum absolute atomic E-state index is 0.110. The van der Waals surface area contributed by atoms with Crippen molar-refractivity contribution in [2.24, 2.45) is 0 Å². The van der Waals surface area contributed by atoms with Crippen molar-refractivity contribution in [3.63, 3.8) is 0 Å². The third-order valence-electron chi connectivity index (χ3n) is 16.9. The van der Waals surface area contributed by atoms with E-state index in [1.165, 1.54) is 0 Å². The lowest BCUT2D eigenvalue weighted by molar-refractivity contribution is -0.571. The van der Waals surface area contributed by atoms with Gasteiger partial charge in [-0.2, -0.15) is 0 Å². The van der Waals surface area contributed by atoms with Gasteiger partial charge in [0.1, 0.15) is 17.3 Å². The summed E-state index contributed by atoms with van der Waals surface area (Å²) < 4.78 is 135. The summed E-state index contributed by atoms with van der Waals surface area (Å²) in [7, 11) is 0. The minimum Gasteiger partial charge on any atom is -0.458 e. The number of nitrogens with zero attached hydrogens (tertiary/aromatic N) is 5. The van der Waals surface area contributed by atoms with Crippen LogP contribution in [0.25, 0.3) is 144 Å². The summed E-state index contributed by atoms with van der Waals surface area (Å²) >= 11 is 0. The second-order valence-electron chi connectivity index (χ2n) is 23.1. The van der Waals surface area contributed by atoms with Crippen LogP contribution < -0.4 is 9.30 Å². The van der Waals surface area contributed by atoms with E-state index in [0.717, 1.165) is 99.7 Å². The van der Waals surface area contributed by atoms with Crippen molar-refractivity contribution >= 4 is 54.6 Å². The van der Waals surface area contributed by atoms with Gasteiger partial charge >= 0.3 is 0 Å². The van der Waals surface area contributed by atoms with Gasteiger partial charge < -0.3 is 9.30 Å². The number of aromatic nitrogens is 5. The van der Waals surface area contributed by atoms with Crippen molar-refractivity contribution in [3.8, 4) is 101 Å². The van der Waals surface area contributed by atoms with E-state index in [2.05, 4.69) is 126 Å². The highest BCUT2D eigenvalue weighted by Crippen LogP contribution is 2.48. The molecule has 0 amide bonds. The van der Waals surface area contributed by atoms with Gasteiger partial charge in [-0.25, -0.2) is 4.98 Å². The second kappa shape index (κ2) is 20.2. The minimum atomic E-state index is -0.739. The van der Waals surface area contributed by atoms with Crippen molar-refractivity contribution in [3.05, 3.63) is 303 Å². The van der Waals surface area contributed by atoms with Crippen LogP contribution in [0.5, 0.6) is 11.5 Å². The van der Waals surface area contributed by atoms with Crippen molar-refractivity contribution in [1.82, 2.24) is 18.7 Å². The Balaban J connectivity index is 0.922. The molecule has 0 radical (unpaired) electrons. The first-order chi connectivity index (χ1) is 48.7. The molecule has 0 aliphatic carbocycles. The number of para-hydroxylation sites is 5. The third kappa shape index (κ3) is 8.32. The van der Waals surface area contributed by atoms with Gasteiger partial charge in [0.05, 0.1) is 68.0 Å². The summed E-state index contributed by atoms with van der Waals surface area (Å²) in [5.41, 5.74) is 11.2. The lowest BCUT2D eigenvalue weighted by Crippen LogP contribution is -2.32. The zero-order valence-electron chi connectivity index (χ0n) is 60.9. The van der Waals surface area contributed by atoms with Gasteiger partial charge in [0.2, 0.25) is 0 Å². The Morgan fingerprint density at radius 2 is 0.966 bits per heavy atom. The molecule has 17 rings (SSSR count). The van der Waals surface area contributed by atoms with Gasteiger partial charge in [-0.15, -0.1) is 0 Å². The smallest absolute Gasteiger partial charge is 0.269 e. The van der Waals surface area contributed by atoms with Gasteiger partial charge in [-0.3, -0.25) is 13.7 Å². The summed E-state index contributed by atoms with van der Waals surface area (Å²) in [5.74, 6) is 1.99. The van der Waals surface area contributed by atoms with Crippen LogP contribution in [0.15, 0.2) is 291 Å². The van der Waals surface area contributed by atoms with Gasteiger partial charge in [0.25, 0.3) is 6.33 Å². The summed E-state index contributed by atoms with van der Waals surface area (Å²) in [6, 6.07) is 59.8. The molecule has 4 aromatic heterocycles. The van der Waals surface area contributed by atoms with E-state index < -0.39 is 101 Å². The molecule has 0 bridgehead atoms. The van der Waals surface area contributed by atoms with Crippen molar-refractivity contribution in [2.75, 3.05) is 0 Å². The predicted molar refractivity (Wildman–Crippen MR) is 362 cm³/mol. The molecule has 1 aliphatic heterocycles. The second-order valence-corrected chi connectivity index (χ2v) is 23.1. The Morgan fingerprint density at radius 3 is 1.65 bits per heavy atom. The van der Waals surface area contributed by atoms with Crippen LogP contribution in [-0.2, 0) is 5.41 Å². The van der Waals surface area contributed by atoms with E-state index in [4.69, 9.17) is 17.9 Å². The van der Waals surface area contributed by atoms with Crippen LogP contribution in [0.3, 0.4) is 0 Å². The highest BCUT2D eigenvalue weighted by atomic mass is 16.5. The van der Waals surface area contributed by atoms with E-state index in [1.807, 2.05) is 126 Å². The predicted octanol–water partition coefficient (Wildman–Crippen LogP) is 20.7. The Hall–Kier alpha value is -11.3. The number of fused-ring (bicyclic) bond motifs is 13. The average molecular weight is 1140 g/mol. The maximum Gasteiger partial charge on any atom is 0.269 e. The molecule has 0 unspecified atom stereocenters. The highest BCUT2D eigenvalue weighted by Gasteiger charge is 2.29.